The fourth-order valence-corrected chi connectivity index (χ4v) is 2.83. The Morgan fingerprint density at radius 2 is 1.38 bits per heavy atom. The van der Waals surface area contributed by atoms with Crippen LogP contribution in [0.2, 0.25) is 0 Å². The van der Waals surface area contributed by atoms with Crippen LogP contribution in [0.3, 0.4) is 0 Å². The molecule has 0 saturated heterocycles. The van der Waals surface area contributed by atoms with Gasteiger partial charge in [-0.3, -0.25) is 0 Å². The van der Waals surface area contributed by atoms with Crippen molar-refractivity contribution in [3.05, 3.63) is 12.2 Å². The molecule has 0 rings (SSSR count). The van der Waals surface area contributed by atoms with Crippen molar-refractivity contribution in [2.75, 3.05) is 0 Å². The Balaban J connectivity index is 4.77. The third-order valence-corrected chi connectivity index (χ3v) is 4.35. The van der Waals surface area contributed by atoms with Crippen LogP contribution in [0.25, 0.3) is 0 Å². The summed E-state index contributed by atoms with van der Waals surface area (Å²) in [6.07, 6.45) is 2.52. The molecule has 0 bridgehead atoms. The summed E-state index contributed by atoms with van der Waals surface area (Å²) >= 11 is 0. The van der Waals surface area contributed by atoms with E-state index in [2.05, 4.69) is 55.0 Å². The predicted molar refractivity (Wildman–Crippen MR) is 75.5 cm³/mol. The van der Waals surface area contributed by atoms with E-state index in [1.807, 2.05) is 0 Å². The number of hydrogen-bond donors (Lipinski definition) is 0. The van der Waals surface area contributed by atoms with E-state index >= 15 is 0 Å². The van der Waals surface area contributed by atoms with E-state index < -0.39 is 0 Å². The Bertz CT molecular complexity index is 200. The highest BCUT2D eigenvalue weighted by molar-refractivity contribution is 5.07. The normalized spacial score (nSPS) is 17.6. The number of allylic oxidation sites excluding steroid dienone is 1. The van der Waals surface area contributed by atoms with Crippen molar-refractivity contribution in [3.63, 3.8) is 0 Å². The average Bonchev–Trinajstić information content (AvgIpc) is 2.22. The third-order valence-electron chi connectivity index (χ3n) is 4.35. The molecule has 0 aliphatic rings. The lowest BCUT2D eigenvalue weighted by molar-refractivity contribution is 0.248. The maximum absolute atomic E-state index is 4.40. The maximum Gasteiger partial charge on any atom is -0.0175 e. The van der Waals surface area contributed by atoms with Gasteiger partial charge in [0.1, 0.15) is 0 Å². The standard InChI is InChI=1S/C16H32/c1-9-15(12(5)6)16(10-2)14(8)13(7)11(3)4/h11-13,15-16H,8-10H2,1-7H3. The van der Waals surface area contributed by atoms with Crippen LogP contribution in [0.1, 0.15) is 61.3 Å². The molecular weight excluding hydrogens is 192 g/mol. The van der Waals surface area contributed by atoms with Gasteiger partial charge in [-0.25, -0.2) is 0 Å². The molecule has 0 aliphatic heterocycles. The highest BCUT2D eigenvalue weighted by atomic mass is 14.3. The average molecular weight is 224 g/mol. The fourth-order valence-electron chi connectivity index (χ4n) is 2.83. The van der Waals surface area contributed by atoms with Gasteiger partial charge < -0.3 is 0 Å². The molecule has 0 spiro atoms. The molecule has 0 heterocycles. The van der Waals surface area contributed by atoms with Crippen LogP contribution in [0.15, 0.2) is 12.2 Å². The van der Waals surface area contributed by atoms with Crippen LogP contribution >= 0.6 is 0 Å². The van der Waals surface area contributed by atoms with Gasteiger partial charge in [0.2, 0.25) is 0 Å². The second kappa shape index (κ2) is 7.14. The van der Waals surface area contributed by atoms with Gasteiger partial charge >= 0.3 is 0 Å². The lowest BCUT2D eigenvalue weighted by Crippen LogP contribution is -2.25. The lowest BCUT2D eigenvalue weighted by atomic mass is 9.71. The van der Waals surface area contributed by atoms with Gasteiger partial charge in [0.15, 0.2) is 0 Å². The van der Waals surface area contributed by atoms with Gasteiger partial charge in [-0.15, -0.1) is 0 Å². The molecule has 0 nitrogen and oxygen atoms in total. The third kappa shape index (κ3) is 3.96. The topological polar surface area (TPSA) is 0 Å². The molecule has 0 N–H and O–H groups in total. The fraction of sp³-hybridized carbons (Fsp3) is 0.875. The van der Waals surface area contributed by atoms with Crippen molar-refractivity contribution < 1.29 is 0 Å². The minimum absolute atomic E-state index is 0.651. The van der Waals surface area contributed by atoms with Crippen LogP contribution in [-0.4, -0.2) is 0 Å². The van der Waals surface area contributed by atoms with Gasteiger partial charge in [-0.05, 0) is 36.0 Å². The molecule has 0 saturated carbocycles. The summed E-state index contributed by atoms with van der Waals surface area (Å²) in [4.78, 5) is 0. The van der Waals surface area contributed by atoms with Crippen LogP contribution in [-0.2, 0) is 0 Å². The van der Waals surface area contributed by atoms with Crippen LogP contribution < -0.4 is 0 Å². The van der Waals surface area contributed by atoms with Crippen molar-refractivity contribution in [2.24, 2.45) is 29.6 Å². The summed E-state index contributed by atoms with van der Waals surface area (Å²) in [5, 5.41) is 0. The van der Waals surface area contributed by atoms with E-state index in [0.29, 0.717) is 17.8 Å². The minimum atomic E-state index is 0.651. The van der Waals surface area contributed by atoms with Gasteiger partial charge in [-0.1, -0.05) is 67.0 Å². The second-order valence-electron chi connectivity index (χ2n) is 5.94. The van der Waals surface area contributed by atoms with E-state index in [9.17, 15) is 0 Å². The van der Waals surface area contributed by atoms with Gasteiger partial charge in [0.25, 0.3) is 0 Å². The van der Waals surface area contributed by atoms with Crippen LogP contribution in [0.5, 0.6) is 0 Å². The molecule has 0 fully saturated rings. The first-order chi connectivity index (χ1) is 7.36. The van der Waals surface area contributed by atoms with E-state index in [1.54, 1.807) is 0 Å². The molecule has 3 unspecified atom stereocenters. The largest absolute Gasteiger partial charge is 0.0993 e. The van der Waals surface area contributed by atoms with Crippen molar-refractivity contribution in [1.82, 2.24) is 0 Å². The molecule has 0 aromatic heterocycles. The monoisotopic (exact) mass is 224 g/mol. The van der Waals surface area contributed by atoms with Gasteiger partial charge in [-0.2, -0.15) is 0 Å². The first kappa shape index (κ1) is 15.7. The molecule has 0 amide bonds. The van der Waals surface area contributed by atoms with Crippen LogP contribution in [0, 0.1) is 29.6 Å². The Labute approximate surface area is 104 Å². The summed E-state index contributed by atoms with van der Waals surface area (Å²) < 4.78 is 0. The molecule has 96 valence electrons. The summed E-state index contributed by atoms with van der Waals surface area (Å²) in [6.45, 7) is 20.7. The summed E-state index contributed by atoms with van der Waals surface area (Å²) in [6, 6.07) is 0. The van der Waals surface area contributed by atoms with Crippen molar-refractivity contribution in [2.45, 2.75) is 61.3 Å². The Morgan fingerprint density at radius 3 is 1.62 bits per heavy atom. The second-order valence-corrected chi connectivity index (χ2v) is 5.94. The van der Waals surface area contributed by atoms with Crippen molar-refractivity contribution in [3.8, 4) is 0 Å². The highest BCUT2D eigenvalue weighted by Gasteiger charge is 2.27. The first-order valence-corrected chi connectivity index (χ1v) is 7.05. The van der Waals surface area contributed by atoms with Gasteiger partial charge in [0.05, 0.1) is 0 Å². The minimum Gasteiger partial charge on any atom is -0.0993 e. The van der Waals surface area contributed by atoms with Gasteiger partial charge in [0, 0.05) is 0 Å². The van der Waals surface area contributed by atoms with Crippen molar-refractivity contribution in [1.29, 1.82) is 0 Å². The van der Waals surface area contributed by atoms with Crippen LogP contribution in [0.4, 0.5) is 0 Å². The van der Waals surface area contributed by atoms with E-state index in [0.717, 1.165) is 11.8 Å². The number of rotatable bonds is 7. The molecular formula is C16H32. The zero-order valence-electron chi connectivity index (χ0n) is 12.5. The van der Waals surface area contributed by atoms with E-state index in [4.69, 9.17) is 0 Å². The Hall–Kier alpha value is -0.260. The zero-order chi connectivity index (χ0) is 12.9. The Morgan fingerprint density at radius 1 is 0.875 bits per heavy atom. The molecule has 16 heavy (non-hydrogen) atoms. The summed E-state index contributed by atoms with van der Waals surface area (Å²) in [5.41, 5.74) is 1.48. The maximum atomic E-state index is 4.40. The first-order valence-electron chi connectivity index (χ1n) is 7.05. The van der Waals surface area contributed by atoms with Crippen molar-refractivity contribution >= 4 is 0 Å². The van der Waals surface area contributed by atoms with E-state index in [-0.39, 0.29) is 0 Å². The lowest BCUT2D eigenvalue weighted by Gasteiger charge is -2.34. The highest BCUT2D eigenvalue weighted by Crippen LogP contribution is 2.36. The predicted octanol–water partition coefficient (Wildman–Crippen LogP) is 5.54. The molecule has 0 aliphatic carbocycles. The molecule has 0 aromatic rings. The smallest absolute Gasteiger partial charge is 0.0175 e. The summed E-state index contributed by atoms with van der Waals surface area (Å²) in [5.74, 6) is 3.65. The molecule has 0 heteroatoms. The van der Waals surface area contributed by atoms with E-state index in [1.165, 1.54) is 18.4 Å². The zero-order valence-corrected chi connectivity index (χ0v) is 12.5. The molecule has 0 aromatic carbocycles. The summed E-state index contributed by atoms with van der Waals surface area (Å²) in [7, 11) is 0. The number of hydrogen-bond acceptors (Lipinski definition) is 0. The molecule has 0 radical (unpaired) electrons. The quantitative estimate of drug-likeness (QED) is 0.498. The Kier molecular flexibility index (Phi) is 7.03. The SMILES string of the molecule is C=C(C(C)C(C)C)C(CC)C(CC)C(C)C. The molecule has 3 atom stereocenters.